The molecule has 0 radical (unpaired) electrons. The van der Waals surface area contributed by atoms with Crippen LogP contribution in [0.2, 0.25) is 10.0 Å². The number of benzene rings is 1. The van der Waals surface area contributed by atoms with Crippen LogP contribution >= 0.6 is 23.2 Å². The Hall–Kier alpha value is -1.98. The van der Waals surface area contributed by atoms with Crippen molar-refractivity contribution in [3.63, 3.8) is 0 Å². The van der Waals surface area contributed by atoms with Crippen LogP contribution in [0, 0.1) is 0 Å². The van der Waals surface area contributed by atoms with Crippen molar-refractivity contribution in [3.8, 4) is 0 Å². The second-order valence-electron chi connectivity index (χ2n) is 5.16. The quantitative estimate of drug-likeness (QED) is 0.870. The van der Waals surface area contributed by atoms with Gasteiger partial charge in [-0.3, -0.25) is 9.69 Å². The molecule has 7 heteroatoms. The Bertz CT molecular complexity index is 745. The lowest BCUT2D eigenvalue weighted by Gasteiger charge is -2.19. The number of nitrogens with one attached hydrogen (secondary N) is 1. The van der Waals surface area contributed by atoms with Crippen molar-refractivity contribution in [3.05, 3.63) is 58.0 Å². The summed E-state index contributed by atoms with van der Waals surface area (Å²) in [4.78, 5) is 25.9. The second-order valence-corrected chi connectivity index (χ2v) is 6.00. The highest BCUT2D eigenvalue weighted by Gasteiger charge is 2.50. The van der Waals surface area contributed by atoms with Gasteiger partial charge in [-0.05, 0) is 36.8 Å². The van der Waals surface area contributed by atoms with Gasteiger partial charge in [-0.2, -0.15) is 0 Å². The number of halogens is 2. The maximum Gasteiger partial charge on any atom is 0.325 e. The molecule has 0 spiro atoms. The van der Waals surface area contributed by atoms with E-state index >= 15 is 0 Å². The zero-order chi connectivity index (χ0) is 15.9. The van der Waals surface area contributed by atoms with Crippen LogP contribution in [0.15, 0.2) is 41.0 Å². The fraction of sp³-hybridized carbons (Fsp3) is 0.200. The minimum absolute atomic E-state index is 0.0664. The van der Waals surface area contributed by atoms with E-state index in [1.807, 2.05) is 0 Å². The number of urea groups is 1. The van der Waals surface area contributed by atoms with Crippen LogP contribution in [0.1, 0.15) is 18.2 Å². The molecule has 1 fully saturated rings. The van der Waals surface area contributed by atoms with Crippen LogP contribution in [0.3, 0.4) is 0 Å². The highest BCUT2D eigenvalue weighted by Crippen LogP contribution is 2.31. The molecule has 1 aromatic heterocycles. The largest absolute Gasteiger partial charge is 0.466 e. The van der Waals surface area contributed by atoms with Crippen molar-refractivity contribution in [1.82, 2.24) is 10.2 Å². The number of carbonyl (C=O) groups is 2. The van der Waals surface area contributed by atoms with Crippen molar-refractivity contribution < 1.29 is 14.0 Å². The summed E-state index contributed by atoms with van der Waals surface area (Å²) in [6.45, 7) is 1.67. The summed E-state index contributed by atoms with van der Waals surface area (Å²) in [6.07, 6.45) is 1.46. The van der Waals surface area contributed by atoms with Crippen LogP contribution in [-0.2, 0) is 16.9 Å². The molecule has 0 bridgehead atoms. The Morgan fingerprint density at radius 3 is 2.68 bits per heavy atom. The smallest absolute Gasteiger partial charge is 0.325 e. The fourth-order valence-corrected chi connectivity index (χ4v) is 2.86. The molecule has 1 aromatic carbocycles. The normalized spacial score (nSPS) is 21.3. The van der Waals surface area contributed by atoms with Gasteiger partial charge >= 0.3 is 6.03 Å². The number of hydrogen-bond acceptors (Lipinski definition) is 3. The average Bonchev–Trinajstić information content (AvgIpc) is 3.06. The molecule has 1 atom stereocenters. The molecule has 1 aliphatic rings. The molecular formula is C15H12Cl2N2O3. The summed E-state index contributed by atoms with van der Waals surface area (Å²) in [6, 6.07) is 7.74. The lowest BCUT2D eigenvalue weighted by atomic mass is 9.99. The lowest BCUT2D eigenvalue weighted by Crippen LogP contribution is -2.40. The zero-order valence-electron chi connectivity index (χ0n) is 11.6. The summed E-state index contributed by atoms with van der Waals surface area (Å²) in [5.41, 5.74) is -0.572. The second kappa shape index (κ2) is 5.34. The van der Waals surface area contributed by atoms with Crippen LogP contribution in [0.5, 0.6) is 0 Å². The first-order chi connectivity index (χ1) is 10.4. The van der Waals surface area contributed by atoms with Crippen LogP contribution in [0.25, 0.3) is 0 Å². The topological polar surface area (TPSA) is 62.6 Å². The van der Waals surface area contributed by atoms with Crippen LogP contribution in [0.4, 0.5) is 4.79 Å². The first kappa shape index (κ1) is 14.9. The molecule has 114 valence electrons. The van der Waals surface area contributed by atoms with Crippen molar-refractivity contribution in [2.24, 2.45) is 0 Å². The van der Waals surface area contributed by atoms with E-state index in [1.54, 1.807) is 37.3 Å². The molecule has 1 aliphatic heterocycles. The predicted molar refractivity (Wildman–Crippen MR) is 81.6 cm³/mol. The van der Waals surface area contributed by atoms with Crippen molar-refractivity contribution in [2.45, 2.75) is 19.0 Å². The third-order valence-electron chi connectivity index (χ3n) is 3.63. The van der Waals surface area contributed by atoms with E-state index in [0.29, 0.717) is 21.4 Å². The number of amides is 3. The first-order valence-corrected chi connectivity index (χ1v) is 7.29. The minimum Gasteiger partial charge on any atom is -0.466 e. The standard InChI is InChI=1S/C15H12Cl2N2O3/c1-15(12-3-2-6-22-12)13(20)19(14(21)18-15)8-9-4-5-10(16)7-11(9)17/h2-7H,8H2,1H3,(H,18,21). The zero-order valence-corrected chi connectivity index (χ0v) is 13.1. The van der Waals surface area contributed by atoms with Gasteiger partial charge in [-0.1, -0.05) is 29.3 Å². The van der Waals surface area contributed by atoms with Crippen molar-refractivity contribution in [2.75, 3.05) is 0 Å². The molecule has 22 heavy (non-hydrogen) atoms. The van der Waals surface area contributed by atoms with E-state index in [9.17, 15) is 9.59 Å². The van der Waals surface area contributed by atoms with Crippen molar-refractivity contribution in [1.29, 1.82) is 0 Å². The Morgan fingerprint density at radius 1 is 1.27 bits per heavy atom. The summed E-state index contributed by atoms with van der Waals surface area (Å²) in [5.74, 6) is -0.00554. The molecule has 0 aliphatic carbocycles. The highest BCUT2D eigenvalue weighted by atomic mass is 35.5. The summed E-state index contributed by atoms with van der Waals surface area (Å²) >= 11 is 11.9. The average molecular weight is 339 g/mol. The third-order valence-corrected chi connectivity index (χ3v) is 4.22. The minimum atomic E-state index is -1.21. The third kappa shape index (κ3) is 2.36. The van der Waals surface area contributed by atoms with E-state index in [-0.39, 0.29) is 6.54 Å². The van der Waals surface area contributed by atoms with Gasteiger partial charge in [0.2, 0.25) is 0 Å². The number of nitrogens with zero attached hydrogens (tertiary/aromatic N) is 1. The summed E-state index contributed by atoms with van der Waals surface area (Å²) < 4.78 is 5.27. The lowest BCUT2D eigenvalue weighted by molar-refractivity contribution is -0.132. The highest BCUT2D eigenvalue weighted by molar-refractivity contribution is 6.35. The Kier molecular flexibility index (Phi) is 3.62. The van der Waals surface area contributed by atoms with Gasteiger partial charge in [-0.15, -0.1) is 0 Å². The van der Waals surface area contributed by atoms with E-state index in [4.69, 9.17) is 27.6 Å². The molecule has 1 N–H and O–H groups in total. The number of hydrogen-bond donors (Lipinski definition) is 1. The Balaban J connectivity index is 1.89. The van der Waals surface area contributed by atoms with E-state index in [1.165, 1.54) is 6.26 Å². The van der Waals surface area contributed by atoms with Gasteiger partial charge in [-0.25, -0.2) is 4.79 Å². The molecule has 2 heterocycles. The molecule has 1 saturated heterocycles. The number of rotatable bonds is 3. The molecule has 2 aromatic rings. The molecule has 0 saturated carbocycles. The van der Waals surface area contributed by atoms with Gasteiger partial charge in [0.25, 0.3) is 5.91 Å². The number of imide groups is 1. The maximum atomic E-state index is 12.6. The molecule has 3 rings (SSSR count). The van der Waals surface area contributed by atoms with E-state index < -0.39 is 17.5 Å². The van der Waals surface area contributed by atoms with Gasteiger partial charge in [0.1, 0.15) is 5.76 Å². The van der Waals surface area contributed by atoms with Gasteiger partial charge in [0, 0.05) is 10.0 Å². The SMILES string of the molecule is CC1(c2ccco2)NC(=O)N(Cc2ccc(Cl)cc2Cl)C1=O. The molecule has 3 amide bonds. The predicted octanol–water partition coefficient (Wildman–Crippen LogP) is 3.55. The summed E-state index contributed by atoms with van der Waals surface area (Å²) in [5, 5.41) is 3.55. The Labute approximate surface area is 136 Å². The molecule has 1 unspecified atom stereocenters. The van der Waals surface area contributed by atoms with E-state index in [0.717, 1.165) is 4.90 Å². The maximum absolute atomic E-state index is 12.6. The summed E-state index contributed by atoms with van der Waals surface area (Å²) in [7, 11) is 0. The fourth-order valence-electron chi connectivity index (χ4n) is 2.39. The van der Waals surface area contributed by atoms with Crippen LogP contribution in [-0.4, -0.2) is 16.8 Å². The van der Waals surface area contributed by atoms with E-state index in [2.05, 4.69) is 5.32 Å². The van der Waals surface area contributed by atoms with Gasteiger partial charge < -0.3 is 9.73 Å². The monoisotopic (exact) mass is 338 g/mol. The first-order valence-electron chi connectivity index (χ1n) is 6.54. The Morgan fingerprint density at radius 2 is 2.05 bits per heavy atom. The molecule has 5 nitrogen and oxygen atoms in total. The van der Waals surface area contributed by atoms with Gasteiger partial charge in [0.15, 0.2) is 5.54 Å². The van der Waals surface area contributed by atoms with Crippen molar-refractivity contribution >= 4 is 35.1 Å². The van der Waals surface area contributed by atoms with Gasteiger partial charge in [0.05, 0.1) is 12.8 Å². The number of carbonyl (C=O) groups excluding carboxylic acids is 2. The number of furan rings is 1. The van der Waals surface area contributed by atoms with Crippen LogP contribution < -0.4 is 5.32 Å². The molecular weight excluding hydrogens is 327 g/mol.